The van der Waals surface area contributed by atoms with Crippen LogP contribution in [0.25, 0.3) is 0 Å². The molecule has 180 valence electrons. The minimum Gasteiger partial charge on any atom is -0.494 e. The van der Waals surface area contributed by atoms with Crippen molar-refractivity contribution in [3.8, 4) is 5.75 Å². The van der Waals surface area contributed by atoms with E-state index in [0.717, 1.165) is 17.7 Å². The number of aryl methyl sites for hydroxylation is 1. The van der Waals surface area contributed by atoms with E-state index < -0.39 is 33.8 Å². The molecule has 0 spiro atoms. The summed E-state index contributed by atoms with van der Waals surface area (Å²) in [4.78, 5) is -0.152. The average Bonchev–Trinajstić information content (AvgIpc) is 2.79. The fraction of sp³-hybridized carbons (Fsp3) is 0.280. The summed E-state index contributed by atoms with van der Waals surface area (Å²) in [6.45, 7) is 1.62. The van der Waals surface area contributed by atoms with Gasteiger partial charge in [-0.25, -0.2) is 17.2 Å². The summed E-state index contributed by atoms with van der Waals surface area (Å²) in [6, 6.07) is 12.4. The van der Waals surface area contributed by atoms with Crippen molar-refractivity contribution in [1.82, 2.24) is 0 Å². The number of halogens is 3. The van der Waals surface area contributed by atoms with Crippen LogP contribution < -0.4 is 9.04 Å². The Kier molecular flexibility index (Phi) is 6.85. The number of nitrogens with zero attached hydrogens (tertiary/aromatic N) is 1. The van der Waals surface area contributed by atoms with Crippen LogP contribution in [0.1, 0.15) is 23.6 Å². The normalized spacial score (nSPS) is 18.0. The van der Waals surface area contributed by atoms with Gasteiger partial charge in [-0.05, 0) is 61.2 Å². The highest BCUT2D eigenvalue weighted by atomic mass is 35.5. The molecular formula is C25H24ClF2NO4S. The summed E-state index contributed by atoms with van der Waals surface area (Å²) in [7, 11) is -2.90. The van der Waals surface area contributed by atoms with Gasteiger partial charge >= 0.3 is 0 Å². The Labute approximate surface area is 202 Å². The van der Waals surface area contributed by atoms with E-state index in [1.54, 1.807) is 31.2 Å². The van der Waals surface area contributed by atoms with Crippen molar-refractivity contribution in [2.75, 3.05) is 11.4 Å². The molecule has 1 N–H and O–H groups in total. The van der Waals surface area contributed by atoms with E-state index in [9.17, 15) is 22.3 Å². The van der Waals surface area contributed by atoms with Crippen molar-refractivity contribution in [3.05, 3.63) is 87.9 Å². The number of fused-ring (bicyclic) bond motifs is 1. The molecule has 1 aliphatic heterocycles. The first kappa shape index (κ1) is 24.4. The summed E-state index contributed by atoms with van der Waals surface area (Å²) in [5.41, 5.74) is 2.28. The lowest BCUT2D eigenvalue weighted by Gasteiger charge is -2.39. The minimum absolute atomic E-state index is 0.152. The van der Waals surface area contributed by atoms with Gasteiger partial charge in [0.05, 0.1) is 29.8 Å². The molecule has 0 fully saturated rings. The molecule has 3 aromatic carbocycles. The molecule has 3 aromatic rings. The van der Waals surface area contributed by atoms with Gasteiger partial charge in [-0.15, -0.1) is 0 Å². The van der Waals surface area contributed by atoms with E-state index >= 15 is 0 Å². The van der Waals surface area contributed by atoms with Crippen LogP contribution in [0.15, 0.2) is 59.5 Å². The number of benzene rings is 3. The summed E-state index contributed by atoms with van der Waals surface area (Å²) in [6.07, 6.45) is 0.134. The number of methoxy groups -OCH3 is 1. The summed E-state index contributed by atoms with van der Waals surface area (Å²) in [5, 5.41) is 10.9. The first-order chi connectivity index (χ1) is 16.1. The number of sulfonamides is 1. The second-order valence-corrected chi connectivity index (χ2v) is 10.5. The Bertz CT molecular complexity index is 1310. The van der Waals surface area contributed by atoms with Crippen LogP contribution in [0, 0.1) is 11.6 Å². The van der Waals surface area contributed by atoms with Gasteiger partial charge in [0.15, 0.2) is 11.6 Å². The highest BCUT2D eigenvalue weighted by molar-refractivity contribution is 7.92. The van der Waals surface area contributed by atoms with Gasteiger partial charge in [-0.2, -0.15) is 0 Å². The maximum Gasteiger partial charge on any atom is 0.264 e. The van der Waals surface area contributed by atoms with Crippen LogP contribution in [0.3, 0.4) is 0 Å². The predicted octanol–water partition coefficient (Wildman–Crippen LogP) is 4.91. The fourth-order valence-corrected chi connectivity index (χ4v) is 6.21. The molecule has 0 aromatic heterocycles. The number of ether oxygens (including phenoxy) is 1. The van der Waals surface area contributed by atoms with Crippen molar-refractivity contribution in [3.63, 3.8) is 0 Å². The quantitative estimate of drug-likeness (QED) is 0.514. The standard InChI is InChI=1S/C25H24ClF2NO4S/c1-15-24(30)13-17-8-6-16(7-10-19-20(26)4-3-5-21(19)27)12-23(17)29(15)34(31,32)18-9-11-22(28)25(14-18)33-2/h3-6,8-9,11-12,14-15,24,30H,7,10,13H2,1-2H3/t15-,24-/m1/s1. The number of hydrogen-bond acceptors (Lipinski definition) is 4. The fourth-order valence-electron chi connectivity index (χ4n) is 4.22. The van der Waals surface area contributed by atoms with E-state index in [2.05, 4.69) is 0 Å². The molecule has 5 nitrogen and oxygen atoms in total. The Morgan fingerprint density at radius 2 is 1.85 bits per heavy atom. The monoisotopic (exact) mass is 507 g/mol. The molecule has 1 aliphatic rings. The van der Waals surface area contributed by atoms with Crippen LogP contribution >= 0.6 is 11.6 Å². The van der Waals surface area contributed by atoms with Gasteiger partial charge in [-0.3, -0.25) is 4.31 Å². The zero-order chi connectivity index (χ0) is 24.6. The van der Waals surface area contributed by atoms with Crippen molar-refractivity contribution >= 4 is 27.3 Å². The molecule has 0 bridgehead atoms. The first-order valence-corrected chi connectivity index (χ1v) is 12.6. The molecule has 0 saturated heterocycles. The van der Waals surface area contributed by atoms with Crippen LogP contribution in [0.4, 0.5) is 14.5 Å². The highest BCUT2D eigenvalue weighted by Gasteiger charge is 2.38. The molecule has 0 radical (unpaired) electrons. The SMILES string of the molecule is COc1cc(S(=O)(=O)N2c3cc(CCc4c(F)cccc4Cl)ccc3C[C@@H](O)[C@H]2C)ccc1F. The van der Waals surface area contributed by atoms with Gasteiger partial charge in [0.25, 0.3) is 10.0 Å². The van der Waals surface area contributed by atoms with Crippen LogP contribution in [-0.4, -0.2) is 32.8 Å². The summed E-state index contributed by atoms with van der Waals surface area (Å²) >= 11 is 6.14. The third-order valence-electron chi connectivity index (χ3n) is 6.15. The molecular weight excluding hydrogens is 484 g/mol. The number of aliphatic hydroxyl groups excluding tert-OH is 1. The molecule has 4 rings (SSSR count). The molecule has 0 unspecified atom stereocenters. The van der Waals surface area contributed by atoms with Gasteiger partial charge in [0.1, 0.15) is 5.82 Å². The Balaban J connectivity index is 1.73. The summed E-state index contributed by atoms with van der Waals surface area (Å²) < 4.78 is 61.5. The zero-order valence-electron chi connectivity index (χ0n) is 18.6. The number of rotatable bonds is 6. The molecule has 0 saturated carbocycles. The highest BCUT2D eigenvalue weighted by Crippen LogP contribution is 2.37. The Hall–Kier alpha value is -2.68. The van der Waals surface area contributed by atoms with Crippen LogP contribution in [0.5, 0.6) is 5.75 Å². The molecule has 0 amide bonds. The third kappa shape index (κ3) is 4.50. The lowest BCUT2D eigenvalue weighted by Crippen LogP contribution is -2.49. The Morgan fingerprint density at radius 1 is 1.09 bits per heavy atom. The minimum atomic E-state index is -4.16. The van der Waals surface area contributed by atoms with Crippen molar-refractivity contribution < 1.29 is 27.0 Å². The molecule has 0 aliphatic carbocycles. The van der Waals surface area contributed by atoms with Gasteiger partial charge in [0.2, 0.25) is 0 Å². The molecule has 9 heteroatoms. The van der Waals surface area contributed by atoms with Crippen molar-refractivity contribution in [1.29, 1.82) is 0 Å². The molecule has 1 heterocycles. The van der Waals surface area contributed by atoms with Crippen molar-refractivity contribution in [2.24, 2.45) is 0 Å². The van der Waals surface area contributed by atoms with Crippen LogP contribution in [0.2, 0.25) is 5.02 Å². The van der Waals surface area contributed by atoms with E-state index in [-0.39, 0.29) is 17.1 Å². The number of anilines is 1. The van der Waals surface area contributed by atoms with E-state index in [4.69, 9.17) is 16.3 Å². The average molecular weight is 508 g/mol. The van der Waals surface area contributed by atoms with Gasteiger partial charge in [-0.1, -0.05) is 29.8 Å². The van der Waals surface area contributed by atoms with E-state index in [1.165, 1.54) is 23.5 Å². The van der Waals surface area contributed by atoms with Gasteiger partial charge < -0.3 is 9.84 Å². The largest absolute Gasteiger partial charge is 0.494 e. The maximum atomic E-state index is 14.2. The number of hydrogen-bond donors (Lipinski definition) is 1. The predicted molar refractivity (Wildman–Crippen MR) is 127 cm³/mol. The molecule has 2 atom stereocenters. The lowest BCUT2D eigenvalue weighted by molar-refractivity contribution is 0.147. The van der Waals surface area contributed by atoms with Gasteiger partial charge in [0, 0.05) is 23.1 Å². The smallest absolute Gasteiger partial charge is 0.264 e. The van der Waals surface area contributed by atoms with Crippen molar-refractivity contribution in [2.45, 2.75) is 43.2 Å². The number of aliphatic hydroxyl groups is 1. The van der Waals surface area contributed by atoms with E-state index in [1.807, 2.05) is 6.07 Å². The second kappa shape index (κ2) is 9.52. The van der Waals surface area contributed by atoms with Crippen LogP contribution in [-0.2, 0) is 29.3 Å². The van der Waals surface area contributed by atoms with E-state index in [0.29, 0.717) is 34.7 Å². The Morgan fingerprint density at radius 3 is 2.56 bits per heavy atom. The molecule has 34 heavy (non-hydrogen) atoms. The lowest BCUT2D eigenvalue weighted by atomic mass is 9.93. The second-order valence-electron chi connectivity index (χ2n) is 8.27. The zero-order valence-corrected chi connectivity index (χ0v) is 20.2. The topological polar surface area (TPSA) is 66.8 Å². The third-order valence-corrected chi connectivity index (χ3v) is 8.40. The first-order valence-electron chi connectivity index (χ1n) is 10.7. The summed E-state index contributed by atoms with van der Waals surface area (Å²) in [5.74, 6) is -1.26. The maximum absolute atomic E-state index is 14.2.